The molecular weight excluding hydrogens is 434 g/mol. The molecule has 1 aliphatic carbocycles. The number of nitrogens with one attached hydrogen (secondary N) is 1. The molecule has 7 nitrogen and oxygen atoms in total. The van der Waals surface area contributed by atoms with E-state index >= 15 is 0 Å². The molecule has 2 aromatic rings. The van der Waals surface area contributed by atoms with Gasteiger partial charge in [0.25, 0.3) is 5.91 Å². The van der Waals surface area contributed by atoms with E-state index in [0.717, 1.165) is 16.7 Å². The van der Waals surface area contributed by atoms with Gasteiger partial charge < -0.3 is 30.5 Å². The molecule has 1 heterocycles. The summed E-state index contributed by atoms with van der Waals surface area (Å²) < 4.78 is 5.78. The van der Waals surface area contributed by atoms with Gasteiger partial charge in [0.2, 0.25) is 0 Å². The van der Waals surface area contributed by atoms with Gasteiger partial charge in [-0.15, -0.1) is 0 Å². The summed E-state index contributed by atoms with van der Waals surface area (Å²) in [6.07, 6.45) is -2.83. The third kappa shape index (κ3) is 4.23. The van der Waals surface area contributed by atoms with Crippen molar-refractivity contribution in [2.24, 2.45) is 5.92 Å². The molecule has 2 aromatic carbocycles. The maximum absolute atomic E-state index is 12.2. The molecular formula is C24H28ClNO6. The maximum Gasteiger partial charge on any atom is 0.268 e. The Kier molecular flexibility index (Phi) is 6.22. The first-order chi connectivity index (χ1) is 15.1. The number of fused-ring (bicyclic) bond motifs is 1. The summed E-state index contributed by atoms with van der Waals surface area (Å²) in [5.41, 5.74) is 2.18. The van der Waals surface area contributed by atoms with E-state index in [2.05, 4.69) is 5.32 Å². The van der Waals surface area contributed by atoms with Crippen LogP contribution in [-0.4, -0.2) is 56.9 Å². The molecule has 1 fully saturated rings. The lowest BCUT2D eigenvalue weighted by Gasteiger charge is -2.40. The van der Waals surface area contributed by atoms with Crippen molar-refractivity contribution in [1.29, 1.82) is 0 Å². The summed E-state index contributed by atoms with van der Waals surface area (Å²) in [6, 6.07) is 11.0. The van der Waals surface area contributed by atoms with E-state index in [-0.39, 0.29) is 12.5 Å². The zero-order valence-electron chi connectivity index (χ0n) is 18.0. The molecule has 0 aromatic heterocycles. The molecule has 4 rings (SSSR count). The summed E-state index contributed by atoms with van der Waals surface area (Å²) in [4.78, 5) is 12.2. The average Bonchev–Trinajstić information content (AvgIpc) is 2.75. The lowest BCUT2D eigenvalue weighted by Crippen LogP contribution is -2.51. The van der Waals surface area contributed by atoms with Crippen molar-refractivity contribution in [3.63, 3.8) is 0 Å². The van der Waals surface area contributed by atoms with Crippen LogP contribution in [0.15, 0.2) is 36.4 Å². The minimum atomic E-state index is -1.33. The van der Waals surface area contributed by atoms with Gasteiger partial charge in [-0.05, 0) is 61.6 Å². The standard InChI is InChI=1S/C24H28ClNO6/c1-24(2)23(31)26-18-8-12(3-6-19(18)32-24)7-14-9-13(4-5-17(14)25)16-10-15(11-27)20(28)22(30)21(16)29/h3-6,8-9,15-16,20-22,27-30H,7,10-11H2,1-2H3,(H,26,31)/t15-,16?,20-,21+,22+/m1/s1. The number of carbonyl (C=O) groups excluding carboxylic acids is 1. The van der Waals surface area contributed by atoms with Crippen LogP contribution in [0.2, 0.25) is 5.02 Å². The van der Waals surface area contributed by atoms with Crippen molar-refractivity contribution in [3.05, 3.63) is 58.1 Å². The second-order valence-electron chi connectivity index (χ2n) is 9.18. The van der Waals surface area contributed by atoms with Crippen LogP contribution in [0.25, 0.3) is 0 Å². The number of hydrogen-bond donors (Lipinski definition) is 5. The molecule has 5 N–H and O–H groups in total. The Balaban J connectivity index is 1.59. The van der Waals surface area contributed by atoms with Crippen LogP contribution in [0.1, 0.15) is 42.9 Å². The SMILES string of the molecule is CC1(C)Oc2ccc(Cc3cc(C4C[C@H](CO)[C@@H](O)[C@H](O)[C@H]4O)ccc3Cl)cc2NC1=O. The number of amides is 1. The predicted molar refractivity (Wildman–Crippen MR) is 120 cm³/mol. The summed E-state index contributed by atoms with van der Waals surface area (Å²) in [7, 11) is 0. The fraction of sp³-hybridized carbons (Fsp3) is 0.458. The molecule has 1 amide bonds. The molecule has 172 valence electrons. The van der Waals surface area contributed by atoms with Crippen LogP contribution in [0, 0.1) is 5.92 Å². The third-order valence-electron chi connectivity index (χ3n) is 6.48. The second-order valence-corrected chi connectivity index (χ2v) is 9.59. The zero-order valence-corrected chi connectivity index (χ0v) is 18.7. The molecule has 1 saturated carbocycles. The number of aliphatic hydroxyl groups excluding tert-OH is 4. The first-order valence-corrected chi connectivity index (χ1v) is 11.1. The molecule has 0 radical (unpaired) electrons. The van der Waals surface area contributed by atoms with Gasteiger partial charge in [-0.1, -0.05) is 29.8 Å². The van der Waals surface area contributed by atoms with E-state index in [1.165, 1.54) is 0 Å². The first-order valence-electron chi connectivity index (χ1n) is 10.7. The Morgan fingerprint density at radius 2 is 1.84 bits per heavy atom. The van der Waals surface area contributed by atoms with Crippen LogP contribution in [0.5, 0.6) is 5.75 Å². The monoisotopic (exact) mass is 461 g/mol. The number of benzene rings is 2. The van der Waals surface area contributed by atoms with Gasteiger partial charge in [-0.25, -0.2) is 0 Å². The topological polar surface area (TPSA) is 119 Å². The summed E-state index contributed by atoms with van der Waals surface area (Å²) in [5, 5.41) is 43.8. The molecule has 0 saturated heterocycles. The number of rotatable bonds is 4. The van der Waals surface area contributed by atoms with E-state index in [0.29, 0.717) is 29.3 Å². The molecule has 8 heteroatoms. The van der Waals surface area contributed by atoms with E-state index in [9.17, 15) is 25.2 Å². The fourth-order valence-corrected chi connectivity index (χ4v) is 4.67. The summed E-state index contributed by atoms with van der Waals surface area (Å²) >= 11 is 6.45. The highest BCUT2D eigenvalue weighted by atomic mass is 35.5. The minimum Gasteiger partial charge on any atom is -0.476 e. The smallest absolute Gasteiger partial charge is 0.268 e. The van der Waals surface area contributed by atoms with E-state index in [1.807, 2.05) is 24.3 Å². The van der Waals surface area contributed by atoms with Gasteiger partial charge in [-0.2, -0.15) is 0 Å². The van der Waals surface area contributed by atoms with Gasteiger partial charge in [-0.3, -0.25) is 4.79 Å². The second kappa shape index (κ2) is 8.65. The Bertz CT molecular complexity index is 1020. The molecule has 32 heavy (non-hydrogen) atoms. The van der Waals surface area contributed by atoms with Gasteiger partial charge in [0.05, 0.1) is 17.9 Å². The summed E-state index contributed by atoms with van der Waals surface area (Å²) in [5.74, 6) is -0.579. The Morgan fingerprint density at radius 3 is 2.56 bits per heavy atom. The Hall–Kier alpha value is -2.16. The van der Waals surface area contributed by atoms with Crippen LogP contribution in [0.3, 0.4) is 0 Å². The highest BCUT2D eigenvalue weighted by Gasteiger charge is 2.43. The van der Waals surface area contributed by atoms with E-state index in [4.69, 9.17) is 16.3 Å². The highest BCUT2D eigenvalue weighted by molar-refractivity contribution is 6.31. The van der Waals surface area contributed by atoms with E-state index < -0.39 is 35.7 Å². The van der Waals surface area contributed by atoms with Crippen LogP contribution < -0.4 is 10.1 Å². The number of aliphatic hydroxyl groups is 4. The lowest BCUT2D eigenvalue weighted by atomic mass is 9.73. The van der Waals surface area contributed by atoms with Crippen molar-refractivity contribution in [3.8, 4) is 5.75 Å². The normalized spacial score (nSPS) is 29.1. The zero-order chi connectivity index (χ0) is 23.2. The van der Waals surface area contributed by atoms with Crippen molar-refractivity contribution < 1.29 is 30.0 Å². The van der Waals surface area contributed by atoms with Gasteiger partial charge in [0.15, 0.2) is 5.60 Å². The van der Waals surface area contributed by atoms with Crippen molar-refractivity contribution >= 4 is 23.2 Å². The largest absolute Gasteiger partial charge is 0.476 e. The molecule has 1 unspecified atom stereocenters. The van der Waals surface area contributed by atoms with Crippen molar-refractivity contribution in [2.75, 3.05) is 11.9 Å². The van der Waals surface area contributed by atoms with Gasteiger partial charge in [0.1, 0.15) is 11.9 Å². The quantitative estimate of drug-likeness (QED) is 0.476. The van der Waals surface area contributed by atoms with Gasteiger partial charge in [0, 0.05) is 23.5 Å². The first kappa shape index (κ1) is 23.0. The highest BCUT2D eigenvalue weighted by Crippen LogP contribution is 2.39. The molecule has 2 aliphatic rings. The molecule has 0 spiro atoms. The number of ether oxygens (including phenoxy) is 1. The Labute approximate surface area is 191 Å². The van der Waals surface area contributed by atoms with Crippen molar-refractivity contribution in [1.82, 2.24) is 0 Å². The van der Waals surface area contributed by atoms with Crippen molar-refractivity contribution in [2.45, 2.75) is 56.5 Å². The number of anilines is 1. The maximum atomic E-state index is 12.2. The fourth-order valence-electron chi connectivity index (χ4n) is 4.49. The minimum absolute atomic E-state index is 0.215. The third-order valence-corrected chi connectivity index (χ3v) is 6.85. The number of halogens is 1. The Morgan fingerprint density at radius 1 is 1.09 bits per heavy atom. The van der Waals surface area contributed by atoms with Crippen LogP contribution in [0.4, 0.5) is 5.69 Å². The number of hydrogen-bond acceptors (Lipinski definition) is 6. The predicted octanol–water partition coefficient (Wildman–Crippen LogP) is 2.22. The summed E-state index contributed by atoms with van der Waals surface area (Å²) in [6.45, 7) is 3.14. The molecule has 5 atom stereocenters. The average molecular weight is 462 g/mol. The molecule has 1 aliphatic heterocycles. The number of carbonyl (C=O) groups is 1. The van der Waals surface area contributed by atoms with E-state index in [1.54, 1.807) is 26.0 Å². The van der Waals surface area contributed by atoms with Gasteiger partial charge >= 0.3 is 0 Å². The lowest BCUT2D eigenvalue weighted by molar-refractivity contribution is -0.129. The van der Waals surface area contributed by atoms with Crippen LogP contribution >= 0.6 is 11.6 Å². The molecule has 0 bridgehead atoms. The van der Waals surface area contributed by atoms with Crippen LogP contribution in [-0.2, 0) is 11.2 Å².